The van der Waals surface area contributed by atoms with E-state index >= 15 is 0 Å². The van der Waals surface area contributed by atoms with Crippen molar-refractivity contribution in [1.29, 1.82) is 0 Å². The fraction of sp³-hybridized carbons (Fsp3) is 0.360. The van der Waals surface area contributed by atoms with Crippen molar-refractivity contribution in [2.24, 2.45) is 11.3 Å². The standard InChI is InChI=1S/C25H24ClFN2O/c26-17-1-4-19(5-2-17)29-24(30)22-9-13-25(22)11-7-16(8-12-25)20-10-14-28-23-6-3-18(27)15-21(20)23/h1-6,10,14-16,22H,7-9,11-13H2,(H,29,30)/t16-,22-,25+/m1/s1. The summed E-state index contributed by atoms with van der Waals surface area (Å²) in [5, 5.41) is 4.65. The predicted molar refractivity (Wildman–Crippen MR) is 118 cm³/mol. The van der Waals surface area contributed by atoms with E-state index in [1.165, 1.54) is 11.6 Å². The van der Waals surface area contributed by atoms with Crippen molar-refractivity contribution >= 4 is 34.1 Å². The Labute approximate surface area is 180 Å². The summed E-state index contributed by atoms with van der Waals surface area (Å²) in [6, 6.07) is 14.1. The van der Waals surface area contributed by atoms with Gasteiger partial charge in [-0.1, -0.05) is 11.6 Å². The fourth-order valence-electron chi connectivity index (χ4n) is 5.47. The molecule has 2 aromatic carbocycles. The number of nitrogens with zero attached hydrogens (tertiary/aromatic N) is 1. The summed E-state index contributed by atoms with van der Waals surface area (Å²) in [5.74, 6) is 0.365. The van der Waals surface area contributed by atoms with E-state index in [9.17, 15) is 9.18 Å². The van der Waals surface area contributed by atoms with Gasteiger partial charge in [0.2, 0.25) is 5.91 Å². The van der Waals surface area contributed by atoms with Crippen LogP contribution >= 0.6 is 11.6 Å². The van der Waals surface area contributed by atoms with E-state index < -0.39 is 0 Å². The average molecular weight is 423 g/mol. The summed E-state index contributed by atoms with van der Waals surface area (Å²) >= 11 is 5.94. The summed E-state index contributed by atoms with van der Waals surface area (Å²) in [6.45, 7) is 0. The molecule has 0 saturated heterocycles. The first kappa shape index (κ1) is 19.5. The number of halogens is 2. The van der Waals surface area contributed by atoms with Crippen molar-refractivity contribution in [3.05, 3.63) is 71.1 Å². The molecule has 2 saturated carbocycles. The highest BCUT2D eigenvalue weighted by molar-refractivity contribution is 6.30. The number of carbonyl (C=O) groups excluding carboxylic acids is 1. The summed E-state index contributed by atoms with van der Waals surface area (Å²) in [4.78, 5) is 17.3. The van der Waals surface area contributed by atoms with Gasteiger partial charge in [0.05, 0.1) is 5.52 Å². The molecule has 30 heavy (non-hydrogen) atoms. The average Bonchev–Trinajstić information content (AvgIpc) is 2.74. The molecule has 0 bridgehead atoms. The lowest BCUT2D eigenvalue weighted by Crippen LogP contribution is -2.48. The number of fused-ring (bicyclic) bond motifs is 1. The molecule has 5 rings (SSSR count). The molecule has 2 aliphatic carbocycles. The third kappa shape index (κ3) is 3.47. The molecule has 1 amide bonds. The molecule has 0 radical (unpaired) electrons. The van der Waals surface area contributed by atoms with Crippen molar-refractivity contribution < 1.29 is 9.18 Å². The van der Waals surface area contributed by atoms with E-state index in [4.69, 9.17) is 11.6 Å². The maximum atomic E-state index is 13.8. The van der Waals surface area contributed by atoms with Crippen molar-refractivity contribution in [1.82, 2.24) is 4.98 Å². The molecular formula is C25H24ClFN2O. The Morgan fingerprint density at radius 1 is 1.03 bits per heavy atom. The van der Waals surface area contributed by atoms with Gasteiger partial charge >= 0.3 is 0 Å². The summed E-state index contributed by atoms with van der Waals surface area (Å²) in [6.07, 6.45) is 8.02. The second-order valence-corrected chi connectivity index (χ2v) is 9.22. The minimum Gasteiger partial charge on any atom is -0.326 e. The number of rotatable bonds is 3. The topological polar surface area (TPSA) is 42.0 Å². The van der Waals surface area contributed by atoms with Gasteiger partial charge in [-0.25, -0.2) is 4.39 Å². The van der Waals surface area contributed by atoms with Crippen LogP contribution in [-0.4, -0.2) is 10.9 Å². The van der Waals surface area contributed by atoms with Crippen molar-refractivity contribution in [2.45, 2.75) is 44.4 Å². The van der Waals surface area contributed by atoms with E-state index in [-0.39, 0.29) is 23.1 Å². The Hall–Kier alpha value is -2.46. The Morgan fingerprint density at radius 3 is 2.47 bits per heavy atom. The minimum atomic E-state index is -0.220. The SMILES string of the molecule is O=C(Nc1ccc(Cl)cc1)[C@H]1CC[C@]12CC[C@H](c1ccnc3ccc(F)cc31)CC2. The molecule has 2 fully saturated rings. The lowest BCUT2D eigenvalue weighted by atomic mass is 9.52. The van der Waals surface area contributed by atoms with Crippen molar-refractivity contribution in [3.63, 3.8) is 0 Å². The van der Waals surface area contributed by atoms with Gasteiger partial charge in [0.1, 0.15) is 5.82 Å². The summed E-state index contributed by atoms with van der Waals surface area (Å²) in [5.41, 5.74) is 2.94. The van der Waals surface area contributed by atoms with Crippen LogP contribution in [0.4, 0.5) is 10.1 Å². The molecule has 1 N–H and O–H groups in total. The van der Waals surface area contributed by atoms with Gasteiger partial charge in [0, 0.05) is 28.2 Å². The number of hydrogen-bond donors (Lipinski definition) is 1. The first-order chi connectivity index (χ1) is 14.5. The van der Waals surface area contributed by atoms with Crippen LogP contribution in [0.15, 0.2) is 54.7 Å². The van der Waals surface area contributed by atoms with Gasteiger partial charge < -0.3 is 5.32 Å². The normalized spacial score (nSPS) is 25.8. The van der Waals surface area contributed by atoms with Gasteiger partial charge in [0.15, 0.2) is 0 Å². The number of amides is 1. The van der Waals surface area contributed by atoms with Crippen LogP contribution in [0, 0.1) is 17.2 Å². The molecule has 1 atom stereocenters. The maximum Gasteiger partial charge on any atom is 0.228 e. The monoisotopic (exact) mass is 422 g/mol. The third-order valence-electron chi connectivity index (χ3n) is 7.26. The lowest BCUT2D eigenvalue weighted by Gasteiger charge is -2.52. The third-order valence-corrected chi connectivity index (χ3v) is 7.51. The Kier molecular flexibility index (Phi) is 4.98. The highest BCUT2D eigenvalue weighted by atomic mass is 35.5. The van der Waals surface area contributed by atoms with Crippen molar-refractivity contribution in [2.75, 3.05) is 5.32 Å². The maximum absolute atomic E-state index is 13.8. The molecule has 0 unspecified atom stereocenters. The van der Waals surface area contributed by atoms with Gasteiger partial charge in [0.25, 0.3) is 0 Å². The number of pyridine rings is 1. The summed E-state index contributed by atoms with van der Waals surface area (Å²) < 4.78 is 13.8. The highest BCUT2D eigenvalue weighted by Gasteiger charge is 2.51. The number of nitrogens with one attached hydrogen (secondary N) is 1. The van der Waals surface area contributed by atoms with Gasteiger partial charge in [-0.15, -0.1) is 0 Å². The van der Waals surface area contributed by atoms with E-state index in [1.807, 2.05) is 24.4 Å². The summed E-state index contributed by atoms with van der Waals surface area (Å²) in [7, 11) is 0. The quantitative estimate of drug-likeness (QED) is 0.509. The van der Waals surface area contributed by atoms with Crippen LogP contribution < -0.4 is 5.32 Å². The lowest BCUT2D eigenvalue weighted by molar-refractivity contribution is -0.133. The predicted octanol–water partition coefficient (Wildman–Crippen LogP) is 6.72. The van der Waals surface area contributed by atoms with Gasteiger partial charge in [-0.3, -0.25) is 9.78 Å². The molecule has 1 spiro atoms. The number of aromatic nitrogens is 1. The fourth-order valence-corrected chi connectivity index (χ4v) is 5.59. The molecule has 154 valence electrons. The van der Waals surface area contributed by atoms with E-state index in [0.717, 1.165) is 55.1 Å². The second kappa shape index (κ2) is 7.66. The van der Waals surface area contributed by atoms with Crippen LogP contribution in [-0.2, 0) is 4.79 Å². The Morgan fingerprint density at radius 2 is 1.77 bits per heavy atom. The second-order valence-electron chi connectivity index (χ2n) is 8.79. The number of benzene rings is 2. The number of anilines is 1. The zero-order valence-electron chi connectivity index (χ0n) is 16.7. The first-order valence-corrected chi connectivity index (χ1v) is 11.0. The van der Waals surface area contributed by atoms with Crippen LogP contribution in [0.1, 0.15) is 50.0 Å². The molecule has 3 aromatic rings. The molecular weight excluding hydrogens is 399 g/mol. The van der Waals surface area contributed by atoms with E-state index in [1.54, 1.807) is 24.3 Å². The molecule has 2 aliphatic rings. The van der Waals surface area contributed by atoms with Crippen LogP contribution in [0.2, 0.25) is 5.02 Å². The molecule has 0 aliphatic heterocycles. The van der Waals surface area contributed by atoms with Gasteiger partial charge in [-0.05, 0) is 104 Å². The van der Waals surface area contributed by atoms with Crippen LogP contribution in [0.25, 0.3) is 10.9 Å². The Balaban J connectivity index is 1.29. The van der Waals surface area contributed by atoms with Crippen LogP contribution in [0.5, 0.6) is 0 Å². The van der Waals surface area contributed by atoms with Crippen molar-refractivity contribution in [3.8, 4) is 0 Å². The minimum absolute atomic E-state index is 0.0701. The van der Waals surface area contributed by atoms with Gasteiger partial charge in [-0.2, -0.15) is 0 Å². The zero-order valence-corrected chi connectivity index (χ0v) is 17.5. The highest BCUT2D eigenvalue weighted by Crippen LogP contribution is 2.58. The number of carbonyl (C=O) groups is 1. The number of hydrogen-bond acceptors (Lipinski definition) is 2. The Bertz CT molecular complexity index is 1090. The molecule has 3 nitrogen and oxygen atoms in total. The molecule has 1 aromatic heterocycles. The molecule has 5 heteroatoms. The van der Waals surface area contributed by atoms with E-state index in [0.29, 0.717) is 10.9 Å². The smallest absolute Gasteiger partial charge is 0.228 e. The molecule has 1 heterocycles. The zero-order chi connectivity index (χ0) is 20.7. The van der Waals surface area contributed by atoms with Crippen LogP contribution in [0.3, 0.4) is 0 Å². The first-order valence-electron chi connectivity index (χ1n) is 10.6. The van der Waals surface area contributed by atoms with E-state index in [2.05, 4.69) is 10.3 Å². The largest absolute Gasteiger partial charge is 0.326 e.